The molecule has 408 valence electrons. The molecular weight excluding hydrogens is 921 g/mol. The summed E-state index contributed by atoms with van der Waals surface area (Å²) in [4.78, 5) is 51.4. The second-order valence-corrected chi connectivity index (χ2v) is 20.5. The predicted octanol–water partition coefficient (Wildman–Crippen LogP) is 10.2. The molecule has 13 nitrogen and oxygen atoms in total. The molecule has 4 N–H and O–H groups in total. The molecular formula is C60H94N4O9. The highest BCUT2D eigenvalue weighted by atomic mass is 16.5. The Bertz CT molecular complexity index is 2050. The molecule has 0 heterocycles. The van der Waals surface area contributed by atoms with Crippen LogP contribution in [0.5, 0.6) is 0 Å². The normalized spacial score (nSPS) is 17.4. The molecule has 2 aliphatic carbocycles. The fourth-order valence-electron chi connectivity index (χ4n) is 8.66. The monoisotopic (exact) mass is 1010 g/mol. The summed E-state index contributed by atoms with van der Waals surface area (Å²) in [7, 11) is 1.62. The maximum Gasteiger partial charge on any atom is 0.244 e. The molecule has 0 spiro atoms. The van der Waals surface area contributed by atoms with Crippen molar-refractivity contribution in [3.63, 3.8) is 0 Å². The van der Waals surface area contributed by atoms with E-state index in [1.165, 1.54) is 54.1 Å². The smallest absolute Gasteiger partial charge is 0.244 e. The van der Waals surface area contributed by atoms with Crippen LogP contribution < -0.4 is 21.3 Å². The van der Waals surface area contributed by atoms with Crippen molar-refractivity contribution >= 4 is 23.6 Å². The SMILES string of the molecule is COCCOCCOCCC(=O)NCCOCCOCCNC(=O)[C@@H](CCCCNC(=O)/C=C(C)/C=C/C=C(C)/C=C/C1=C(C)CCCC1(C)C)NC(=O)/C=C(C)/C=C/C=C(C)/C=C/C1=C(C)CCCC1(C)C. The first-order chi connectivity index (χ1) is 34.8. The molecule has 0 saturated carbocycles. The van der Waals surface area contributed by atoms with Gasteiger partial charge in [-0.15, -0.1) is 0 Å². The van der Waals surface area contributed by atoms with Crippen LogP contribution in [0.25, 0.3) is 0 Å². The minimum absolute atomic E-state index is 0.120. The fourth-order valence-corrected chi connectivity index (χ4v) is 8.66. The highest BCUT2D eigenvalue weighted by Crippen LogP contribution is 2.41. The summed E-state index contributed by atoms with van der Waals surface area (Å²) in [5.74, 6) is -0.993. The van der Waals surface area contributed by atoms with Crippen LogP contribution >= 0.6 is 0 Å². The molecule has 0 bridgehead atoms. The minimum atomic E-state index is -0.788. The number of ether oxygens (including phenoxy) is 5. The minimum Gasteiger partial charge on any atom is -0.382 e. The molecule has 0 fully saturated rings. The van der Waals surface area contributed by atoms with Crippen molar-refractivity contribution in [3.8, 4) is 0 Å². The predicted molar refractivity (Wildman–Crippen MR) is 297 cm³/mol. The molecule has 2 rings (SSSR count). The van der Waals surface area contributed by atoms with Crippen LogP contribution in [-0.2, 0) is 42.9 Å². The third-order valence-corrected chi connectivity index (χ3v) is 12.9. The molecule has 0 radical (unpaired) electrons. The topological polar surface area (TPSA) is 163 Å². The number of amides is 4. The van der Waals surface area contributed by atoms with Crippen LogP contribution in [-0.4, -0.2) is 116 Å². The van der Waals surface area contributed by atoms with Crippen molar-refractivity contribution in [3.05, 3.63) is 117 Å². The summed E-state index contributed by atoms with van der Waals surface area (Å²) in [5.41, 5.74) is 9.95. The first-order valence-electron chi connectivity index (χ1n) is 26.6. The zero-order chi connectivity index (χ0) is 53.9. The van der Waals surface area contributed by atoms with E-state index in [9.17, 15) is 19.2 Å². The Kier molecular flexibility index (Phi) is 32.5. The molecule has 0 aromatic carbocycles. The Morgan fingerprint density at radius 1 is 0.562 bits per heavy atom. The molecule has 0 aromatic rings. The lowest BCUT2D eigenvalue weighted by atomic mass is 9.72. The maximum atomic E-state index is 13.4. The third kappa shape index (κ3) is 29.5. The average molecular weight is 1020 g/mol. The lowest BCUT2D eigenvalue weighted by Crippen LogP contribution is -2.47. The number of hydrogen-bond acceptors (Lipinski definition) is 9. The Hall–Kier alpha value is -4.92. The Morgan fingerprint density at radius 3 is 1.56 bits per heavy atom. The van der Waals surface area contributed by atoms with Gasteiger partial charge in [-0.2, -0.15) is 0 Å². The lowest BCUT2D eigenvalue weighted by Gasteiger charge is -2.33. The van der Waals surface area contributed by atoms with Gasteiger partial charge in [-0.3, -0.25) is 19.2 Å². The third-order valence-electron chi connectivity index (χ3n) is 12.9. The van der Waals surface area contributed by atoms with Gasteiger partial charge in [0.05, 0.1) is 59.5 Å². The average Bonchev–Trinajstić information content (AvgIpc) is 3.31. The molecule has 4 amide bonds. The maximum absolute atomic E-state index is 13.4. The van der Waals surface area contributed by atoms with Gasteiger partial charge in [0, 0.05) is 45.3 Å². The number of rotatable bonds is 35. The van der Waals surface area contributed by atoms with Gasteiger partial charge in [-0.25, -0.2) is 0 Å². The number of hydrogen-bond donors (Lipinski definition) is 4. The van der Waals surface area contributed by atoms with Gasteiger partial charge in [-0.05, 0) is 132 Å². The largest absolute Gasteiger partial charge is 0.382 e. The number of unbranched alkanes of at least 4 members (excludes halogenated alkanes) is 1. The molecule has 2 aliphatic rings. The van der Waals surface area contributed by atoms with Crippen LogP contribution in [0.1, 0.15) is 133 Å². The van der Waals surface area contributed by atoms with E-state index in [0.29, 0.717) is 85.2 Å². The van der Waals surface area contributed by atoms with Gasteiger partial charge < -0.3 is 45.0 Å². The van der Waals surface area contributed by atoms with Crippen molar-refractivity contribution in [1.82, 2.24) is 21.3 Å². The second-order valence-electron chi connectivity index (χ2n) is 20.5. The van der Waals surface area contributed by atoms with Crippen molar-refractivity contribution < 1.29 is 42.9 Å². The lowest BCUT2D eigenvalue weighted by molar-refractivity contribution is -0.127. The number of carbonyl (C=O) groups excluding carboxylic acids is 4. The van der Waals surface area contributed by atoms with Crippen LogP contribution in [0.4, 0.5) is 0 Å². The van der Waals surface area contributed by atoms with Gasteiger partial charge in [0.25, 0.3) is 0 Å². The van der Waals surface area contributed by atoms with Crippen molar-refractivity contribution in [2.45, 2.75) is 139 Å². The first kappa shape index (κ1) is 64.2. The molecule has 0 aliphatic heterocycles. The van der Waals surface area contributed by atoms with E-state index in [4.69, 9.17) is 23.7 Å². The Morgan fingerprint density at radius 2 is 1.04 bits per heavy atom. The standard InChI is InChI=1S/C60H94N4O9/c1-46(25-27-52-50(5)22-16-30-59(52,7)8)18-14-20-48(3)44-56(66)61-32-13-12-24-54(64-57(67)45-49(4)21-15-19-47(2)26-28-53-51(6)23-17-31-60(53,9)10)58(68)63-34-37-72-42-41-71-36-33-62-55(65)29-35-70-40-43-73-39-38-69-11/h14-15,18-21,25-28,44-45,54H,12-13,16-17,22-24,29-43H2,1-11H3,(H,61,66)(H,62,65)(H,63,68)(H,64,67)/b20-14+,21-15+,27-25+,28-26+,46-18+,47-19+,48-44+,49-45+/t54-/m1/s1. The zero-order valence-electron chi connectivity index (χ0n) is 46.7. The number of nitrogens with one attached hydrogen (secondary N) is 4. The second kappa shape index (κ2) is 36.9. The van der Waals surface area contributed by atoms with E-state index in [0.717, 1.165) is 35.1 Å². The van der Waals surface area contributed by atoms with E-state index in [1.54, 1.807) is 13.2 Å². The summed E-state index contributed by atoms with van der Waals surface area (Å²) in [5, 5.41) is 11.5. The van der Waals surface area contributed by atoms with Crippen LogP contribution in [0.15, 0.2) is 117 Å². The Balaban J connectivity index is 1.87. The molecule has 73 heavy (non-hydrogen) atoms. The quantitative estimate of drug-likeness (QED) is 0.0275. The van der Waals surface area contributed by atoms with E-state index in [2.05, 4.69) is 101 Å². The van der Waals surface area contributed by atoms with E-state index < -0.39 is 6.04 Å². The van der Waals surface area contributed by atoms with Crippen molar-refractivity contribution in [1.29, 1.82) is 0 Å². The van der Waals surface area contributed by atoms with Crippen molar-refractivity contribution in [2.24, 2.45) is 10.8 Å². The number of carbonyl (C=O) groups is 4. The van der Waals surface area contributed by atoms with E-state index in [-0.39, 0.29) is 54.0 Å². The molecule has 1 atom stereocenters. The first-order valence-corrected chi connectivity index (χ1v) is 26.6. The van der Waals surface area contributed by atoms with Gasteiger partial charge in [0.2, 0.25) is 23.6 Å². The van der Waals surface area contributed by atoms with Gasteiger partial charge in [-0.1, -0.05) is 111 Å². The number of allylic oxidation sites excluding steroid dienone is 18. The highest BCUT2D eigenvalue weighted by molar-refractivity contribution is 5.93. The van der Waals surface area contributed by atoms with Gasteiger partial charge in [0.1, 0.15) is 6.04 Å². The van der Waals surface area contributed by atoms with E-state index >= 15 is 0 Å². The highest BCUT2D eigenvalue weighted by Gasteiger charge is 2.27. The summed E-state index contributed by atoms with van der Waals surface area (Å²) in [6, 6.07) is -0.788. The van der Waals surface area contributed by atoms with E-state index in [1.807, 2.05) is 50.3 Å². The van der Waals surface area contributed by atoms with Crippen LogP contribution in [0.2, 0.25) is 0 Å². The summed E-state index contributed by atoms with van der Waals surface area (Å²) in [6.45, 7) is 26.1. The Labute approximate surface area is 440 Å². The molecule has 13 heteroatoms. The van der Waals surface area contributed by atoms with Gasteiger partial charge >= 0.3 is 0 Å². The summed E-state index contributed by atoms with van der Waals surface area (Å²) in [6.07, 6.45) is 32.7. The number of methoxy groups -OCH3 is 1. The molecule has 0 aromatic heterocycles. The zero-order valence-corrected chi connectivity index (χ0v) is 46.7. The fraction of sp³-hybridized carbons (Fsp3) is 0.600. The summed E-state index contributed by atoms with van der Waals surface area (Å²) >= 11 is 0. The van der Waals surface area contributed by atoms with Crippen molar-refractivity contribution in [2.75, 3.05) is 86.2 Å². The van der Waals surface area contributed by atoms with Gasteiger partial charge in [0.15, 0.2) is 0 Å². The molecule has 0 unspecified atom stereocenters. The molecule has 0 saturated heterocycles. The summed E-state index contributed by atoms with van der Waals surface area (Å²) < 4.78 is 26.8. The van der Waals surface area contributed by atoms with Crippen LogP contribution in [0.3, 0.4) is 0 Å². The van der Waals surface area contributed by atoms with Crippen LogP contribution in [0, 0.1) is 10.8 Å².